The summed E-state index contributed by atoms with van der Waals surface area (Å²) in [6.07, 6.45) is 1.13. The van der Waals surface area contributed by atoms with E-state index in [4.69, 9.17) is 0 Å². The van der Waals surface area contributed by atoms with Gasteiger partial charge in [0.1, 0.15) is 0 Å². The minimum absolute atomic E-state index is 0.231. The highest BCUT2D eigenvalue weighted by Crippen LogP contribution is 2.19. The van der Waals surface area contributed by atoms with Gasteiger partial charge in [-0.2, -0.15) is 0 Å². The zero-order chi connectivity index (χ0) is 17.2. The Bertz CT molecular complexity index is 827. The number of hydrogen-bond acceptors (Lipinski definition) is 3. The van der Waals surface area contributed by atoms with Gasteiger partial charge >= 0.3 is 0 Å². The fraction of sp³-hybridized carbons (Fsp3) is 0.235. The number of amides is 1. The molecule has 2 aromatic carbocycles. The SMILES string of the molecule is Cc1ccc(NC(=O)c2ccc(N(C)S(C)(=O)=O)cc2)c(C)c1. The highest BCUT2D eigenvalue weighted by Gasteiger charge is 2.13. The summed E-state index contributed by atoms with van der Waals surface area (Å²) < 4.78 is 24.2. The van der Waals surface area contributed by atoms with Gasteiger partial charge in [0.2, 0.25) is 10.0 Å². The van der Waals surface area contributed by atoms with Crippen molar-refractivity contribution in [3.8, 4) is 0 Å². The van der Waals surface area contributed by atoms with Crippen LogP contribution in [0.3, 0.4) is 0 Å². The molecule has 0 aromatic heterocycles. The number of sulfonamides is 1. The van der Waals surface area contributed by atoms with Crippen LogP contribution in [0.1, 0.15) is 21.5 Å². The van der Waals surface area contributed by atoms with E-state index in [1.165, 1.54) is 11.4 Å². The Hall–Kier alpha value is -2.34. The van der Waals surface area contributed by atoms with Crippen LogP contribution in [0.5, 0.6) is 0 Å². The van der Waals surface area contributed by atoms with Crippen LogP contribution in [0.2, 0.25) is 0 Å². The molecule has 2 rings (SSSR count). The molecular formula is C17H20N2O3S. The number of anilines is 2. The van der Waals surface area contributed by atoms with Crippen molar-refractivity contribution < 1.29 is 13.2 Å². The van der Waals surface area contributed by atoms with Gasteiger partial charge in [-0.05, 0) is 49.7 Å². The van der Waals surface area contributed by atoms with Crippen LogP contribution in [0.15, 0.2) is 42.5 Å². The maximum Gasteiger partial charge on any atom is 0.255 e. The lowest BCUT2D eigenvalue weighted by molar-refractivity contribution is 0.102. The van der Waals surface area contributed by atoms with Crippen molar-refractivity contribution in [3.05, 3.63) is 59.2 Å². The summed E-state index contributed by atoms with van der Waals surface area (Å²) >= 11 is 0. The van der Waals surface area contributed by atoms with Crippen molar-refractivity contribution in [2.45, 2.75) is 13.8 Å². The molecule has 0 heterocycles. The maximum atomic E-state index is 12.3. The normalized spacial score (nSPS) is 11.1. The van der Waals surface area contributed by atoms with Crippen molar-refractivity contribution in [1.82, 2.24) is 0 Å². The van der Waals surface area contributed by atoms with Gasteiger partial charge in [-0.1, -0.05) is 17.7 Å². The van der Waals surface area contributed by atoms with E-state index in [0.29, 0.717) is 11.3 Å². The molecule has 0 aliphatic heterocycles. The van der Waals surface area contributed by atoms with E-state index in [9.17, 15) is 13.2 Å². The molecule has 0 radical (unpaired) electrons. The Kier molecular flexibility index (Phi) is 4.75. The van der Waals surface area contributed by atoms with Crippen molar-refractivity contribution in [3.63, 3.8) is 0 Å². The second-order valence-electron chi connectivity index (χ2n) is 5.55. The molecule has 0 saturated heterocycles. The number of aryl methyl sites for hydroxylation is 2. The van der Waals surface area contributed by atoms with Crippen LogP contribution in [-0.2, 0) is 10.0 Å². The van der Waals surface area contributed by atoms with Crippen LogP contribution in [0.4, 0.5) is 11.4 Å². The van der Waals surface area contributed by atoms with Crippen LogP contribution >= 0.6 is 0 Å². The summed E-state index contributed by atoms with van der Waals surface area (Å²) in [4.78, 5) is 12.3. The first-order chi connectivity index (χ1) is 10.7. The molecule has 0 aliphatic rings. The average Bonchev–Trinajstić information content (AvgIpc) is 2.48. The summed E-state index contributed by atoms with van der Waals surface area (Å²) in [5.41, 5.74) is 3.87. The third-order valence-electron chi connectivity index (χ3n) is 3.62. The summed E-state index contributed by atoms with van der Waals surface area (Å²) in [5.74, 6) is -0.231. The second kappa shape index (κ2) is 6.42. The topological polar surface area (TPSA) is 66.5 Å². The number of hydrogen-bond donors (Lipinski definition) is 1. The molecule has 0 atom stereocenters. The van der Waals surface area contributed by atoms with Crippen molar-refractivity contribution in [2.75, 3.05) is 22.9 Å². The smallest absolute Gasteiger partial charge is 0.255 e. The Labute approximate surface area is 137 Å². The van der Waals surface area contributed by atoms with Gasteiger partial charge in [0.25, 0.3) is 5.91 Å². The van der Waals surface area contributed by atoms with Crippen LogP contribution < -0.4 is 9.62 Å². The largest absolute Gasteiger partial charge is 0.322 e. The first-order valence-corrected chi connectivity index (χ1v) is 8.96. The van der Waals surface area contributed by atoms with Gasteiger partial charge in [0, 0.05) is 18.3 Å². The molecule has 0 unspecified atom stereocenters. The van der Waals surface area contributed by atoms with Gasteiger partial charge in [-0.25, -0.2) is 8.42 Å². The summed E-state index contributed by atoms with van der Waals surface area (Å²) in [6, 6.07) is 12.2. The van der Waals surface area contributed by atoms with Crippen LogP contribution in [-0.4, -0.2) is 27.6 Å². The number of carbonyl (C=O) groups is 1. The van der Waals surface area contributed by atoms with E-state index in [-0.39, 0.29) is 5.91 Å². The molecule has 0 fully saturated rings. The van der Waals surface area contributed by atoms with E-state index in [0.717, 1.165) is 23.1 Å². The van der Waals surface area contributed by atoms with Gasteiger partial charge in [0.15, 0.2) is 0 Å². The summed E-state index contributed by atoms with van der Waals surface area (Å²) in [6.45, 7) is 3.93. The minimum atomic E-state index is -3.31. The molecule has 0 bridgehead atoms. The van der Waals surface area contributed by atoms with Gasteiger partial charge in [-0.3, -0.25) is 9.10 Å². The van der Waals surface area contributed by atoms with E-state index >= 15 is 0 Å². The quantitative estimate of drug-likeness (QED) is 0.936. The molecule has 0 spiro atoms. The molecular weight excluding hydrogens is 312 g/mol. The fourth-order valence-electron chi connectivity index (χ4n) is 2.16. The first-order valence-electron chi connectivity index (χ1n) is 7.11. The number of nitrogens with one attached hydrogen (secondary N) is 1. The molecule has 122 valence electrons. The standard InChI is InChI=1S/C17H20N2O3S/c1-12-5-10-16(13(2)11-12)18-17(20)14-6-8-15(9-7-14)19(3)23(4,21)22/h5-11H,1-4H3,(H,18,20). The van der Waals surface area contributed by atoms with Crippen LogP contribution in [0, 0.1) is 13.8 Å². The van der Waals surface area contributed by atoms with Crippen molar-refractivity contribution >= 4 is 27.3 Å². The summed E-state index contributed by atoms with van der Waals surface area (Å²) in [5, 5.41) is 2.86. The Morgan fingerprint density at radius 1 is 1.04 bits per heavy atom. The van der Waals surface area contributed by atoms with E-state index in [1.807, 2.05) is 32.0 Å². The number of nitrogens with zero attached hydrogens (tertiary/aromatic N) is 1. The number of rotatable bonds is 4. The predicted octanol–water partition coefficient (Wildman–Crippen LogP) is 2.95. The Balaban J connectivity index is 2.17. The minimum Gasteiger partial charge on any atom is -0.322 e. The Morgan fingerprint density at radius 3 is 2.17 bits per heavy atom. The molecule has 0 saturated carbocycles. The molecule has 5 nitrogen and oxygen atoms in total. The molecule has 23 heavy (non-hydrogen) atoms. The third kappa shape index (κ3) is 4.10. The summed E-state index contributed by atoms with van der Waals surface area (Å²) in [7, 11) is -1.84. The molecule has 1 amide bonds. The van der Waals surface area contributed by atoms with Gasteiger partial charge < -0.3 is 5.32 Å². The highest BCUT2D eigenvalue weighted by molar-refractivity contribution is 7.92. The molecule has 1 N–H and O–H groups in total. The third-order valence-corrected chi connectivity index (χ3v) is 4.83. The number of benzene rings is 2. The van der Waals surface area contributed by atoms with Crippen molar-refractivity contribution in [1.29, 1.82) is 0 Å². The average molecular weight is 332 g/mol. The van der Waals surface area contributed by atoms with Gasteiger partial charge in [-0.15, -0.1) is 0 Å². The predicted molar refractivity (Wildman–Crippen MR) is 93.6 cm³/mol. The fourth-order valence-corrected chi connectivity index (χ4v) is 2.67. The van der Waals surface area contributed by atoms with E-state index < -0.39 is 10.0 Å². The van der Waals surface area contributed by atoms with E-state index in [2.05, 4.69) is 5.32 Å². The van der Waals surface area contributed by atoms with Crippen molar-refractivity contribution in [2.24, 2.45) is 0 Å². The Morgan fingerprint density at radius 2 is 1.65 bits per heavy atom. The highest BCUT2D eigenvalue weighted by atomic mass is 32.2. The monoisotopic (exact) mass is 332 g/mol. The van der Waals surface area contributed by atoms with Crippen LogP contribution in [0.25, 0.3) is 0 Å². The molecule has 6 heteroatoms. The zero-order valence-corrected chi connectivity index (χ0v) is 14.4. The van der Waals surface area contributed by atoms with Gasteiger partial charge in [0.05, 0.1) is 11.9 Å². The van der Waals surface area contributed by atoms with E-state index in [1.54, 1.807) is 24.3 Å². The number of carbonyl (C=O) groups excluding carboxylic acids is 1. The maximum absolute atomic E-state index is 12.3. The zero-order valence-electron chi connectivity index (χ0n) is 13.6. The second-order valence-corrected chi connectivity index (χ2v) is 7.56. The molecule has 0 aliphatic carbocycles. The lowest BCUT2D eigenvalue weighted by Gasteiger charge is -2.16. The lowest BCUT2D eigenvalue weighted by Crippen LogP contribution is -2.24. The lowest BCUT2D eigenvalue weighted by atomic mass is 10.1. The first kappa shape index (κ1) is 17.0. The molecule has 2 aromatic rings.